The molecule has 23 heavy (non-hydrogen) atoms. The number of benzene rings is 1. The van der Waals surface area contributed by atoms with E-state index in [9.17, 15) is 18.7 Å². The highest BCUT2D eigenvalue weighted by atomic mass is 19.2. The number of aliphatic carboxylic acids is 1. The predicted octanol–water partition coefficient (Wildman–Crippen LogP) is 2.58. The van der Waals surface area contributed by atoms with E-state index in [0.717, 1.165) is 6.07 Å². The van der Waals surface area contributed by atoms with Crippen molar-refractivity contribution in [3.05, 3.63) is 29.3 Å². The molecule has 1 aromatic rings. The molecule has 0 radical (unpaired) electrons. The van der Waals surface area contributed by atoms with Gasteiger partial charge in [0.1, 0.15) is 0 Å². The number of rotatable bonds is 5. The molecule has 1 fully saturated rings. The zero-order chi connectivity index (χ0) is 17.3. The number of carboxylic acids is 1. The molecule has 0 saturated carbocycles. The zero-order valence-electron chi connectivity index (χ0n) is 13.4. The highest BCUT2D eigenvalue weighted by Crippen LogP contribution is 2.44. The number of methoxy groups -OCH3 is 2. The lowest BCUT2D eigenvalue weighted by Gasteiger charge is -2.25. The Labute approximate surface area is 133 Å². The summed E-state index contributed by atoms with van der Waals surface area (Å²) in [4.78, 5) is 11.6. The summed E-state index contributed by atoms with van der Waals surface area (Å²) in [7, 11) is 2.64. The van der Waals surface area contributed by atoms with Crippen molar-refractivity contribution in [3.8, 4) is 5.75 Å². The SMILES string of the molecule is COc1c(C2C(OC)C(C(C)C)O[C@@H]2C(=O)O)ccc(F)c1F. The summed E-state index contributed by atoms with van der Waals surface area (Å²) in [6.07, 6.45) is -2.33. The Morgan fingerprint density at radius 3 is 2.43 bits per heavy atom. The first-order chi connectivity index (χ1) is 10.8. The summed E-state index contributed by atoms with van der Waals surface area (Å²) in [5.74, 6) is -4.55. The van der Waals surface area contributed by atoms with Gasteiger partial charge in [-0.2, -0.15) is 4.39 Å². The molecule has 1 aliphatic heterocycles. The summed E-state index contributed by atoms with van der Waals surface area (Å²) in [6.45, 7) is 3.75. The van der Waals surface area contributed by atoms with Gasteiger partial charge in [-0.25, -0.2) is 9.18 Å². The normalized spacial score (nSPS) is 27.4. The molecular weight excluding hydrogens is 310 g/mol. The minimum atomic E-state index is -1.23. The molecule has 1 N–H and O–H groups in total. The van der Waals surface area contributed by atoms with Gasteiger partial charge in [0, 0.05) is 12.7 Å². The van der Waals surface area contributed by atoms with Crippen molar-refractivity contribution in [2.24, 2.45) is 5.92 Å². The fourth-order valence-corrected chi connectivity index (χ4v) is 3.09. The van der Waals surface area contributed by atoms with Crippen LogP contribution in [0.3, 0.4) is 0 Å². The van der Waals surface area contributed by atoms with Crippen LogP contribution >= 0.6 is 0 Å². The third-order valence-electron chi connectivity index (χ3n) is 4.12. The lowest BCUT2D eigenvalue weighted by Crippen LogP contribution is -2.33. The van der Waals surface area contributed by atoms with E-state index >= 15 is 0 Å². The molecule has 1 heterocycles. The van der Waals surface area contributed by atoms with E-state index < -0.39 is 41.8 Å². The molecule has 2 rings (SSSR count). The topological polar surface area (TPSA) is 65.0 Å². The van der Waals surface area contributed by atoms with Crippen LogP contribution in [0.5, 0.6) is 5.75 Å². The van der Waals surface area contributed by atoms with E-state index in [1.165, 1.54) is 20.3 Å². The minimum Gasteiger partial charge on any atom is -0.493 e. The zero-order valence-corrected chi connectivity index (χ0v) is 13.4. The summed E-state index contributed by atoms with van der Waals surface area (Å²) < 4.78 is 43.5. The molecular formula is C16H20F2O5. The largest absolute Gasteiger partial charge is 0.493 e. The molecule has 1 aromatic carbocycles. The Morgan fingerprint density at radius 1 is 1.30 bits per heavy atom. The predicted molar refractivity (Wildman–Crippen MR) is 77.6 cm³/mol. The van der Waals surface area contributed by atoms with Crippen LogP contribution in [-0.4, -0.2) is 43.6 Å². The van der Waals surface area contributed by atoms with Crippen molar-refractivity contribution in [2.75, 3.05) is 14.2 Å². The second-order valence-corrected chi connectivity index (χ2v) is 5.81. The first kappa shape index (κ1) is 17.6. The van der Waals surface area contributed by atoms with Gasteiger partial charge in [0.05, 0.1) is 25.2 Å². The molecule has 5 nitrogen and oxygen atoms in total. The average molecular weight is 330 g/mol. The van der Waals surface area contributed by atoms with Gasteiger partial charge in [-0.15, -0.1) is 0 Å². The van der Waals surface area contributed by atoms with E-state index in [4.69, 9.17) is 14.2 Å². The fourth-order valence-electron chi connectivity index (χ4n) is 3.09. The Kier molecular flexibility index (Phi) is 5.21. The van der Waals surface area contributed by atoms with Crippen molar-refractivity contribution < 1.29 is 32.9 Å². The van der Waals surface area contributed by atoms with Crippen LogP contribution in [0.2, 0.25) is 0 Å². The van der Waals surface area contributed by atoms with Crippen molar-refractivity contribution in [1.29, 1.82) is 0 Å². The molecule has 4 atom stereocenters. The highest BCUT2D eigenvalue weighted by Gasteiger charge is 2.51. The third-order valence-corrected chi connectivity index (χ3v) is 4.12. The van der Waals surface area contributed by atoms with E-state index in [2.05, 4.69) is 0 Å². The molecule has 0 spiro atoms. The van der Waals surface area contributed by atoms with Crippen LogP contribution < -0.4 is 4.74 Å². The number of ether oxygens (including phenoxy) is 3. The van der Waals surface area contributed by atoms with Gasteiger partial charge in [0.25, 0.3) is 0 Å². The van der Waals surface area contributed by atoms with E-state index in [-0.39, 0.29) is 17.2 Å². The summed E-state index contributed by atoms with van der Waals surface area (Å²) in [5.41, 5.74) is 0.216. The van der Waals surface area contributed by atoms with Gasteiger partial charge in [-0.3, -0.25) is 0 Å². The maximum Gasteiger partial charge on any atom is 0.333 e. The first-order valence-corrected chi connectivity index (χ1v) is 7.26. The van der Waals surface area contributed by atoms with Gasteiger partial charge in [-0.1, -0.05) is 19.9 Å². The van der Waals surface area contributed by atoms with Crippen LogP contribution in [0.4, 0.5) is 8.78 Å². The molecule has 3 unspecified atom stereocenters. The van der Waals surface area contributed by atoms with Crippen LogP contribution in [0, 0.1) is 17.6 Å². The Balaban J connectivity index is 2.57. The standard InChI is InChI=1S/C16H20F2O5/c1-7(2)12-14(22-4)10(15(23-12)16(19)20)8-5-6-9(17)11(18)13(8)21-3/h5-7,10,12,14-15H,1-4H3,(H,19,20)/t10?,12?,14?,15-/m0/s1. The van der Waals surface area contributed by atoms with Crippen LogP contribution in [0.15, 0.2) is 12.1 Å². The maximum absolute atomic E-state index is 14.0. The third kappa shape index (κ3) is 3.03. The Hall–Kier alpha value is -1.73. The lowest BCUT2D eigenvalue weighted by molar-refractivity contribution is -0.151. The highest BCUT2D eigenvalue weighted by molar-refractivity contribution is 5.75. The number of carboxylic acid groups (broad SMARTS) is 1. The van der Waals surface area contributed by atoms with E-state index in [1.54, 1.807) is 0 Å². The van der Waals surface area contributed by atoms with Gasteiger partial charge < -0.3 is 19.3 Å². The fraction of sp³-hybridized carbons (Fsp3) is 0.562. The van der Waals surface area contributed by atoms with Crippen molar-refractivity contribution in [2.45, 2.75) is 38.1 Å². The van der Waals surface area contributed by atoms with Crippen LogP contribution in [-0.2, 0) is 14.3 Å². The molecule has 7 heteroatoms. The van der Waals surface area contributed by atoms with Gasteiger partial charge in [0.15, 0.2) is 17.7 Å². The first-order valence-electron chi connectivity index (χ1n) is 7.26. The van der Waals surface area contributed by atoms with Gasteiger partial charge >= 0.3 is 5.97 Å². The van der Waals surface area contributed by atoms with Crippen molar-refractivity contribution in [1.82, 2.24) is 0 Å². The Bertz CT molecular complexity index is 590. The molecule has 0 aliphatic carbocycles. The summed E-state index contributed by atoms with van der Waals surface area (Å²) in [6, 6.07) is 2.26. The van der Waals surface area contributed by atoms with Gasteiger partial charge in [-0.05, 0) is 12.0 Å². The summed E-state index contributed by atoms with van der Waals surface area (Å²) in [5, 5.41) is 9.46. The van der Waals surface area contributed by atoms with Crippen LogP contribution in [0.25, 0.3) is 0 Å². The molecule has 1 saturated heterocycles. The molecule has 1 aliphatic rings. The van der Waals surface area contributed by atoms with Crippen molar-refractivity contribution in [3.63, 3.8) is 0 Å². The molecule has 0 aromatic heterocycles. The molecule has 0 amide bonds. The maximum atomic E-state index is 14.0. The number of hydrogen-bond acceptors (Lipinski definition) is 4. The second-order valence-electron chi connectivity index (χ2n) is 5.81. The molecule has 128 valence electrons. The van der Waals surface area contributed by atoms with E-state index in [0.29, 0.717) is 0 Å². The van der Waals surface area contributed by atoms with E-state index in [1.807, 2.05) is 13.8 Å². The number of halogens is 2. The smallest absolute Gasteiger partial charge is 0.333 e. The lowest BCUT2D eigenvalue weighted by atomic mass is 9.85. The summed E-state index contributed by atoms with van der Waals surface area (Å²) >= 11 is 0. The second kappa shape index (κ2) is 6.80. The van der Waals surface area contributed by atoms with Crippen molar-refractivity contribution >= 4 is 5.97 Å². The number of hydrogen-bond donors (Lipinski definition) is 1. The molecule has 0 bridgehead atoms. The monoisotopic (exact) mass is 330 g/mol. The number of carbonyl (C=O) groups is 1. The van der Waals surface area contributed by atoms with Crippen LogP contribution in [0.1, 0.15) is 25.3 Å². The Morgan fingerprint density at radius 2 is 1.96 bits per heavy atom. The average Bonchev–Trinajstić information content (AvgIpc) is 2.89. The van der Waals surface area contributed by atoms with Gasteiger partial charge in [0.2, 0.25) is 5.82 Å². The minimum absolute atomic E-state index is 0.0110. The quantitative estimate of drug-likeness (QED) is 0.899.